The lowest BCUT2D eigenvalue weighted by molar-refractivity contribution is 1.31. The lowest BCUT2D eigenvalue weighted by Gasteiger charge is -2.17. The van der Waals surface area contributed by atoms with E-state index in [1.165, 1.54) is 32.7 Å². The number of benzene rings is 4. The standard InChI is InChI=1S/C25H18N2.C11H9N3/c26-19-9-5-7-17(15-19)24-20-10-1-3-12-22(20)25(18-8-6-14-27-16-18)23-13-4-2-11-21(23)24;12-10-4-3-8(6-11(10)13)9-2-1-5-14-7-9/h1-16H,26H2;1-7,12-13H. The Morgan fingerprint density at radius 1 is 0.512 bits per heavy atom. The van der Waals surface area contributed by atoms with Crippen LogP contribution in [0, 0.1) is 10.8 Å². The zero-order valence-corrected chi connectivity index (χ0v) is 22.3. The van der Waals surface area contributed by atoms with Gasteiger partial charge in [0.25, 0.3) is 0 Å². The van der Waals surface area contributed by atoms with Crippen molar-refractivity contribution in [2.45, 2.75) is 0 Å². The molecule has 2 heterocycles. The quantitative estimate of drug-likeness (QED) is 0.122. The molecule has 2 aromatic heterocycles. The average Bonchev–Trinajstić information content (AvgIpc) is 3.02. The molecule has 41 heavy (non-hydrogen) atoms. The van der Waals surface area contributed by atoms with Gasteiger partial charge in [0.05, 0.1) is 11.4 Å². The first kappa shape index (κ1) is 25.6. The number of hydrogen-bond acceptors (Lipinski definition) is 5. The first-order valence-electron chi connectivity index (χ1n) is 13.3. The van der Waals surface area contributed by atoms with Gasteiger partial charge in [-0.1, -0.05) is 78.9 Å². The highest BCUT2D eigenvalue weighted by Gasteiger charge is 2.16. The number of allylic oxidation sites excluding steroid dienone is 4. The fourth-order valence-corrected chi connectivity index (χ4v) is 5.21. The van der Waals surface area contributed by atoms with Crippen LogP contribution in [0.4, 0.5) is 5.69 Å². The van der Waals surface area contributed by atoms with Crippen LogP contribution in [-0.4, -0.2) is 21.4 Å². The molecule has 0 spiro atoms. The van der Waals surface area contributed by atoms with Gasteiger partial charge in [0, 0.05) is 41.6 Å². The van der Waals surface area contributed by atoms with Gasteiger partial charge in [-0.15, -0.1) is 0 Å². The number of hydrogen-bond donors (Lipinski definition) is 3. The van der Waals surface area contributed by atoms with Gasteiger partial charge in [-0.05, 0) is 80.2 Å². The number of nitrogen functional groups attached to an aromatic ring is 1. The Balaban J connectivity index is 0.000000182. The highest BCUT2D eigenvalue weighted by atomic mass is 14.6. The molecule has 0 unspecified atom stereocenters. The Morgan fingerprint density at radius 2 is 1.05 bits per heavy atom. The van der Waals surface area contributed by atoms with Gasteiger partial charge < -0.3 is 5.73 Å². The molecule has 0 bridgehead atoms. The lowest BCUT2D eigenvalue weighted by Crippen LogP contribution is -2.09. The largest absolute Gasteiger partial charge is 0.399 e. The van der Waals surface area contributed by atoms with E-state index in [1.807, 2.05) is 48.8 Å². The molecule has 196 valence electrons. The zero-order chi connectivity index (χ0) is 28.2. The molecule has 4 N–H and O–H groups in total. The summed E-state index contributed by atoms with van der Waals surface area (Å²) in [7, 11) is 0. The fourth-order valence-electron chi connectivity index (χ4n) is 5.21. The third-order valence-corrected chi connectivity index (χ3v) is 7.07. The van der Waals surface area contributed by atoms with Crippen molar-refractivity contribution in [3.05, 3.63) is 146 Å². The van der Waals surface area contributed by atoms with Crippen LogP contribution in [0.25, 0.3) is 49.4 Å². The lowest BCUT2D eigenvalue weighted by atomic mass is 9.86. The first-order chi connectivity index (χ1) is 20.1. The van der Waals surface area contributed by atoms with Crippen LogP contribution in [-0.2, 0) is 0 Å². The van der Waals surface area contributed by atoms with Crippen molar-refractivity contribution in [1.29, 1.82) is 10.8 Å². The SMILES string of the molecule is N=C1C=CC(c2cccnc2)=CC1=N.Nc1cccc(-c2c3ccccc3c(-c3cccnc3)c3ccccc23)c1. The molecular weight excluding hydrogens is 502 g/mol. The zero-order valence-electron chi connectivity index (χ0n) is 22.3. The fraction of sp³-hybridized carbons (Fsp3) is 0. The number of pyridine rings is 2. The molecule has 5 nitrogen and oxygen atoms in total. The molecule has 7 rings (SSSR count). The van der Waals surface area contributed by atoms with Gasteiger partial charge in [0.2, 0.25) is 0 Å². The summed E-state index contributed by atoms with van der Waals surface area (Å²) < 4.78 is 0. The number of nitrogens with two attached hydrogens (primary N) is 1. The van der Waals surface area contributed by atoms with E-state index in [0.717, 1.165) is 28.0 Å². The molecule has 0 saturated carbocycles. The molecule has 0 aliphatic heterocycles. The minimum absolute atomic E-state index is 0.242. The topological polar surface area (TPSA) is 99.5 Å². The Labute approximate surface area is 238 Å². The Bertz CT molecular complexity index is 1920. The van der Waals surface area contributed by atoms with Crippen LogP contribution in [0.2, 0.25) is 0 Å². The van der Waals surface area contributed by atoms with E-state index in [4.69, 9.17) is 16.6 Å². The number of rotatable bonds is 3. The predicted octanol–water partition coefficient (Wildman–Crippen LogP) is 8.38. The van der Waals surface area contributed by atoms with Crippen LogP contribution < -0.4 is 5.73 Å². The van der Waals surface area contributed by atoms with Crippen LogP contribution in [0.1, 0.15) is 5.56 Å². The number of anilines is 1. The molecule has 1 aliphatic carbocycles. The van der Waals surface area contributed by atoms with Crippen molar-refractivity contribution in [2.24, 2.45) is 0 Å². The second-order valence-corrected chi connectivity index (χ2v) is 9.71. The average molecular weight is 530 g/mol. The third kappa shape index (κ3) is 5.16. The predicted molar refractivity (Wildman–Crippen MR) is 171 cm³/mol. The molecule has 0 amide bonds. The molecule has 0 atom stereocenters. The molecule has 1 aliphatic rings. The molecular formula is C36H27N5. The number of nitrogens with zero attached hydrogens (tertiary/aromatic N) is 2. The smallest absolute Gasteiger partial charge is 0.0795 e. The van der Waals surface area contributed by atoms with Gasteiger partial charge in [-0.2, -0.15) is 0 Å². The minimum atomic E-state index is 0.242. The van der Waals surface area contributed by atoms with Crippen molar-refractivity contribution in [3.63, 3.8) is 0 Å². The summed E-state index contributed by atoms with van der Waals surface area (Å²) in [5.41, 5.74) is 14.0. The highest BCUT2D eigenvalue weighted by molar-refractivity contribution is 6.50. The van der Waals surface area contributed by atoms with E-state index < -0.39 is 0 Å². The van der Waals surface area contributed by atoms with Gasteiger partial charge in [0.1, 0.15) is 0 Å². The molecule has 0 fully saturated rings. The molecule has 5 heteroatoms. The van der Waals surface area contributed by atoms with Crippen LogP contribution in [0.5, 0.6) is 0 Å². The third-order valence-electron chi connectivity index (χ3n) is 7.07. The van der Waals surface area contributed by atoms with E-state index in [1.54, 1.807) is 24.5 Å². The van der Waals surface area contributed by atoms with E-state index >= 15 is 0 Å². The number of fused-ring (bicyclic) bond motifs is 2. The van der Waals surface area contributed by atoms with Gasteiger partial charge >= 0.3 is 0 Å². The maximum Gasteiger partial charge on any atom is 0.0795 e. The second kappa shape index (κ2) is 11.2. The first-order valence-corrected chi connectivity index (χ1v) is 13.3. The Hall–Kier alpha value is -5.68. The van der Waals surface area contributed by atoms with Crippen molar-refractivity contribution in [2.75, 3.05) is 5.73 Å². The second-order valence-electron chi connectivity index (χ2n) is 9.71. The summed E-state index contributed by atoms with van der Waals surface area (Å²) in [4.78, 5) is 8.36. The number of aromatic nitrogens is 2. The summed E-state index contributed by atoms with van der Waals surface area (Å²) in [5, 5.41) is 19.8. The van der Waals surface area contributed by atoms with Crippen molar-refractivity contribution in [3.8, 4) is 22.3 Å². The van der Waals surface area contributed by atoms with E-state index in [0.29, 0.717) is 0 Å². The van der Waals surface area contributed by atoms with Crippen molar-refractivity contribution < 1.29 is 0 Å². The summed E-state index contributed by atoms with van der Waals surface area (Å²) >= 11 is 0. The maximum atomic E-state index is 7.50. The van der Waals surface area contributed by atoms with E-state index in [9.17, 15) is 0 Å². The van der Waals surface area contributed by atoms with Gasteiger partial charge in [0.15, 0.2) is 0 Å². The van der Waals surface area contributed by atoms with Crippen LogP contribution in [0.3, 0.4) is 0 Å². The summed E-state index contributed by atoms with van der Waals surface area (Å²) in [5.74, 6) is 0. The van der Waals surface area contributed by atoms with Gasteiger partial charge in [-0.3, -0.25) is 20.8 Å². The van der Waals surface area contributed by atoms with E-state index in [2.05, 4.69) is 76.7 Å². The monoisotopic (exact) mass is 529 g/mol. The molecule has 6 aromatic rings. The number of nitrogens with one attached hydrogen (secondary N) is 2. The summed E-state index contributed by atoms with van der Waals surface area (Å²) in [6.07, 6.45) is 12.4. The molecule has 4 aromatic carbocycles. The van der Waals surface area contributed by atoms with Crippen molar-refractivity contribution >= 4 is 44.2 Å². The minimum Gasteiger partial charge on any atom is -0.399 e. The van der Waals surface area contributed by atoms with Gasteiger partial charge in [-0.25, -0.2) is 0 Å². The molecule has 0 radical (unpaired) electrons. The Kier molecular flexibility index (Phi) is 6.99. The van der Waals surface area contributed by atoms with Crippen LogP contribution in [0.15, 0.2) is 140 Å². The Morgan fingerprint density at radius 3 is 1.56 bits per heavy atom. The van der Waals surface area contributed by atoms with Crippen LogP contribution >= 0.6 is 0 Å². The highest BCUT2D eigenvalue weighted by Crippen LogP contribution is 2.43. The van der Waals surface area contributed by atoms with Crippen molar-refractivity contribution in [1.82, 2.24) is 9.97 Å². The molecule has 0 saturated heterocycles. The summed E-state index contributed by atoms with van der Waals surface area (Å²) in [6.45, 7) is 0. The maximum absolute atomic E-state index is 7.50. The summed E-state index contributed by atoms with van der Waals surface area (Å²) in [6, 6.07) is 33.2. The normalized spacial score (nSPS) is 12.6. The van der Waals surface area contributed by atoms with E-state index in [-0.39, 0.29) is 11.4 Å².